The molecule has 7 rings (SSSR count). The molecule has 0 radical (unpaired) electrons. The largest absolute Gasteiger partial charge is 0.486 e. The number of hydrogen-bond acceptors (Lipinski definition) is 7. The molecule has 202 valence electrons. The molecule has 3 unspecified atom stereocenters. The van der Waals surface area contributed by atoms with Crippen molar-refractivity contribution in [2.24, 2.45) is 0 Å². The number of likely N-dealkylation sites (N-methyl/N-ethyl adjacent to an activating group) is 1. The Kier molecular flexibility index (Phi) is 6.29. The Bertz CT molecular complexity index is 1390. The topological polar surface area (TPSA) is 78.5 Å². The van der Waals surface area contributed by atoms with Crippen LogP contribution < -0.4 is 24.3 Å². The Morgan fingerprint density at radius 3 is 2.05 bits per heavy atom. The van der Waals surface area contributed by atoms with Crippen LogP contribution in [0.2, 0.25) is 0 Å². The van der Waals surface area contributed by atoms with Crippen molar-refractivity contribution in [3.63, 3.8) is 0 Å². The molecule has 39 heavy (non-hydrogen) atoms. The maximum absolute atomic E-state index is 14.2. The zero-order chi connectivity index (χ0) is 26.3. The van der Waals surface area contributed by atoms with Gasteiger partial charge in [-0.05, 0) is 72.0 Å². The Morgan fingerprint density at radius 1 is 0.821 bits per heavy atom. The van der Waals surface area contributed by atoms with Crippen molar-refractivity contribution in [1.82, 2.24) is 10.2 Å². The zero-order valence-corrected chi connectivity index (χ0v) is 22.0. The van der Waals surface area contributed by atoms with Crippen LogP contribution in [-0.4, -0.2) is 56.9 Å². The summed E-state index contributed by atoms with van der Waals surface area (Å²) in [4.78, 5) is 16.3. The first-order valence-corrected chi connectivity index (χ1v) is 13.7. The molecule has 0 saturated heterocycles. The van der Waals surface area contributed by atoms with Gasteiger partial charge in [0.1, 0.15) is 26.4 Å². The van der Waals surface area contributed by atoms with Gasteiger partial charge >= 0.3 is 0 Å². The highest BCUT2D eigenvalue weighted by Gasteiger charge is 2.44. The highest BCUT2D eigenvalue weighted by molar-refractivity contribution is 5.85. The third-order valence-electron chi connectivity index (χ3n) is 8.12. The lowest BCUT2D eigenvalue weighted by atomic mass is 9.84. The maximum Gasteiger partial charge on any atom is 0.241 e. The highest BCUT2D eigenvalue weighted by atomic mass is 16.6. The van der Waals surface area contributed by atoms with Crippen molar-refractivity contribution in [2.75, 3.05) is 40.1 Å². The highest BCUT2D eigenvalue weighted by Crippen LogP contribution is 2.49. The van der Waals surface area contributed by atoms with Gasteiger partial charge in [0, 0.05) is 0 Å². The third kappa shape index (κ3) is 4.37. The summed E-state index contributed by atoms with van der Waals surface area (Å²) in [5.41, 5.74) is 5.48. The standard InChI is InChI=1S/C31H32N2O6/c1-32-24-11-20-13-27-29(38-9-7-36-27)15-22(20)25-12-21-14-28-30(39-10-8-37-28)16-23(21)26(33(25)31(24)34)18-35-17-19-5-3-2-4-6-19/h2-6,13-16,24-26,32H,7-12,17-18H2,1H3. The van der Waals surface area contributed by atoms with Gasteiger partial charge in [-0.15, -0.1) is 0 Å². The Hall–Kier alpha value is -3.75. The molecule has 0 aliphatic carbocycles. The molecule has 0 bridgehead atoms. The first-order valence-electron chi connectivity index (χ1n) is 13.7. The van der Waals surface area contributed by atoms with Gasteiger partial charge in [-0.1, -0.05) is 30.3 Å². The van der Waals surface area contributed by atoms with Gasteiger partial charge in [0.15, 0.2) is 23.0 Å². The number of nitrogens with zero attached hydrogens (tertiary/aromatic N) is 1. The molecule has 3 atom stereocenters. The third-order valence-corrected chi connectivity index (χ3v) is 8.12. The van der Waals surface area contributed by atoms with Gasteiger partial charge in [-0.2, -0.15) is 0 Å². The Morgan fingerprint density at radius 2 is 1.41 bits per heavy atom. The number of fused-ring (bicyclic) bond motifs is 6. The van der Waals surface area contributed by atoms with E-state index in [4.69, 9.17) is 23.7 Å². The average Bonchev–Trinajstić information content (AvgIpc) is 3.09. The molecular weight excluding hydrogens is 496 g/mol. The van der Waals surface area contributed by atoms with E-state index in [1.54, 1.807) is 0 Å². The second-order valence-electron chi connectivity index (χ2n) is 10.4. The molecule has 4 aliphatic rings. The van der Waals surface area contributed by atoms with E-state index in [0.29, 0.717) is 52.5 Å². The molecule has 1 N–H and O–H groups in total. The summed E-state index contributed by atoms with van der Waals surface area (Å²) < 4.78 is 30.1. The van der Waals surface area contributed by atoms with Gasteiger partial charge in [0.2, 0.25) is 5.91 Å². The van der Waals surface area contributed by atoms with Crippen LogP contribution in [0.3, 0.4) is 0 Å². The van der Waals surface area contributed by atoms with Crippen LogP contribution in [-0.2, 0) is 29.0 Å². The van der Waals surface area contributed by atoms with Crippen LogP contribution in [0.15, 0.2) is 54.6 Å². The predicted molar refractivity (Wildman–Crippen MR) is 144 cm³/mol. The Balaban J connectivity index is 1.33. The number of hydrogen-bond donors (Lipinski definition) is 1. The van der Waals surface area contributed by atoms with E-state index in [2.05, 4.69) is 35.6 Å². The van der Waals surface area contributed by atoms with Gasteiger partial charge in [0.25, 0.3) is 0 Å². The molecule has 4 heterocycles. The van der Waals surface area contributed by atoms with Crippen LogP contribution in [0, 0.1) is 0 Å². The fourth-order valence-corrected chi connectivity index (χ4v) is 6.25. The first-order chi connectivity index (χ1) is 19.2. The van der Waals surface area contributed by atoms with Gasteiger partial charge in [0.05, 0.1) is 31.3 Å². The van der Waals surface area contributed by atoms with E-state index in [1.165, 1.54) is 0 Å². The minimum atomic E-state index is -0.369. The number of nitrogens with one attached hydrogen (secondary N) is 1. The van der Waals surface area contributed by atoms with Crippen molar-refractivity contribution in [2.45, 2.75) is 37.6 Å². The molecule has 0 fully saturated rings. The van der Waals surface area contributed by atoms with Crippen LogP contribution >= 0.6 is 0 Å². The van der Waals surface area contributed by atoms with Gasteiger partial charge < -0.3 is 33.9 Å². The Labute approximate surface area is 227 Å². The number of ether oxygens (including phenoxy) is 5. The minimum Gasteiger partial charge on any atom is -0.486 e. The molecule has 0 aromatic heterocycles. The summed E-state index contributed by atoms with van der Waals surface area (Å²) in [6, 6.07) is 17.6. The van der Waals surface area contributed by atoms with Crippen LogP contribution in [0.5, 0.6) is 23.0 Å². The number of carbonyl (C=O) groups is 1. The molecular formula is C31H32N2O6. The van der Waals surface area contributed by atoms with E-state index in [0.717, 1.165) is 50.8 Å². The van der Waals surface area contributed by atoms with Crippen LogP contribution in [0.1, 0.15) is 39.9 Å². The van der Waals surface area contributed by atoms with Crippen molar-refractivity contribution >= 4 is 5.91 Å². The quantitative estimate of drug-likeness (QED) is 0.540. The molecule has 8 heteroatoms. The van der Waals surface area contributed by atoms with Crippen molar-refractivity contribution in [3.05, 3.63) is 82.4 Å². The summed E-state index contributed by atoms with van der Waals surface area (Å²) in [5, 5.41) is 3.28. The maximum atomic E-state index is 14.2. The lowest BCUT2D eigenvalue weighted by Gasteiger charge is -2.44. The monoisotopic (exact) mass is 528 g/mol. The molecule has 3 aromatic carbocycles. The van der Waals surface area contributed by atoms with E-state index in [9.17, 15) is 4.79 Å². The average molecular weight is 529 g/mol. The molecule has 1 amide bonds. The zero-order valence-electron chi connectivity index (χ0n) is 22.0. The van der Waals surface area contributed by atoms with Crippen LogP contribution in [0.4, 0.5) is 0 Å². The molecule has 4 aliphatic heterocycles. The second kappa shape index (κ2) is 10.1. The van der Waals surface area contributed by atoms with Gasteiger partial charge in [-0.25, -0.2) is 0 Å². The number of carbonyl (C=O) groups excluding carboxylic acids is 1. The predicted octanol–water partition coefficient (Wildman–Crippen LogP) is 3.76. The molecule has 0 spiro atoms. The van der Waals surface area contributed by atoms with Crippen molar-refractivity contribution in [1.29, 1.82) is 0 Å². The molecule has 3 aromatic rings. The van der Waals surface area contributed by atoms with E-state index < -0.39 is 0 Å². The molecule has 0 saturated carbocycles. The number of rotatable bonds is 5. The smallest absolute Gasteiger partial charge is 0.241 e. The SMILES string of the molecule is CNC1Cc2cc3c(cc2C2Cc4cc5c(cc4C(COCc4ccccc4)N2C1=O)OCCO5)OCCO3. The van der Waals surface area contributed by atoms with E-state index >= 15 is 0 Å². The number of amides is 1. The molecule has 8 nitrogen and oxygen atoms in total. The summed E-state index contributed by atoms with van der Waals surface area (Å²) in [7, 11) is 1.85. The first kappa shape index (κ1) is 24.3. The fourth-order valence-electron chi connectivity index (χ4n) is 6.25. The normalized spacial score (nSPS) is 22.8. The second-order valence-corrected chi connectivity index (χ2v) is 10.4. The summed E-state index contributed by atoms with van der Waals surface area (Å²) in [6.45, 7) is 2.90. The minimum absolute atomic E-state index is 0.0624. The number of benzene rings is 3. The van der Waals surface area contributed by atoms with Crippen molar-refractivity contribution in [3.8, 4) is 23.0 Å². The lowest BCUT2D eigenvalue weighted by molar-refractivity contribution is -0.141. The van der Waals surface area contributed by atoms with E-state index in [1.807, 2.05) is 36.2 Å². The summed E-state index contributed by atoms with van der Waals surface area (Å²) >= 11 is 0. The summed E-state index contributed by atoms with van der Waals surface area (Å²) in [5.74, 6) is 3.02. The summed E-state index contributed by atoms with van der Waals surface area (Å²) in [6.07, 6.45) is 1.24. The lowest BCUT2D eigenvalue weighted by Crippen LogP contribution is -2.50. The fraction of sp³-hybridized carbons (Fsp3) is 0.387. The van der Waals surface area contributed by atoms with Crippen LogP contribution in [0.25, 0.3) is 0 Å². The van der Waals surface area contributed by atoms with Gasteiger partial charge in [-0.3, -0.25) is 4.79 Å². The van der Waals surface area contributed by atoms with E-state index in [-0.39, 0.29) is 24.0 Å². The van der Waals surface area contributed by atoms with Crippen molar-refractivity contribution < 1.29 is 28.5 Å².